The van der Waals surface area contributed by atoms with Gasteiger partial charge < -0.3 is 23.3 Å². The van der Waals surface area contributed by atoms with E-state index in [-0.39, 0.29) is 5.66 Å². The number of rotatable bonds is 6. The predicted molar refractivity (Wildman–Crippen MR) is 259 cm³/mol. The zero-order chi connectivity index (χ0) is 40.7. The van der Waals surface area contributed by atoms with Crippen molar-refractivity contribution in [2.24, 2.45) is 0 Å². The van der Waals surface area contributed by atoms with E-state index in [0.29, 0.717) is 0 Å². The summed E-state index contributed by atoms with van der Waals surface area (Å²) in [7, 11) is 3.97. The fraction of sp³-hybridized carbons (Fsp3) is 0.0877. The highest BCUT2D eigenvalue weighted by atomic mass is 31.0. The molecule has 2 aliphatic rings. The minimum Gasteiger partial charge on any atom is -0.550 e. The van der Waals surface area contributed by atoms with Gasteiger partial charge in [-0.2, -0.15) is 5.66 Å². The van der Waals surface area contributed by atoms with Crippen molar-refractivity contribution in [2.75, 3.05) is 4.90 Å². The van der Waals surface area contributed by atoms with Crippen LogP contribution in [0.3, 0.4) is 0 Å². The number of benzene rings is 8. The zero-order valence-electron chi connectivity index (χ0n) is 34.0. The normalized spacial score (nSPS) is 14.6. The lowest BCUT2D eigenvalue weighted by atomic mass is 9.72. The van der Waals surface area contributed by atoms with E-state index < -0.39 is 5.54 Å². The Hall–Kier alpha value is -6.93. The molecule has 0 bridgehead atoms. The molecule has 0 spiro atoms. The van der Waals surface area contributed by atoms with Gasteiger partial charge in [0, 0.05) is 44.4 Å². The van der Waals surface area contributed by atoms with Crippen LogP contribution in [0.15, 0.2) is 200 Å². The Bertz CT molecular complexity index is 3300. The van der Waals surface area contributed by atoms with Crippen molar-refractivity contribution >= 4 is 65.1 Å². The van der Waals surface area contributed by atoms with Gasteiger partial charge in [-0.25, -0.2) is 0 Å². The van der Waals surface area contributed by atoms with Gasteiger partial charge in [-0.05, 0) is 95.8 Å². The number of aryl methyl sites for hydroxylation is 1. The lowest BCUT2D eigenvalue weighted by Gasteiger charge is -2.47. The maximum atomic E-state index is 3.97. The summed E-state index contributed by atoms with van der Waals surface area (Å²) < 4.78 is 5.12. The molecule has 292 valence electrons. The van der Waals surface area contributed by atoms with Crippen molar-refractivity contribution in [2.45, 2.75) is 31.0 Å². The van der Waals surface area contributed by atoms with Gasteiger partial charge in [0.1, 0.15) is 5.54 Å². The first-order valence-electron chi connectivity index (χ1n) is 21.4. The third-order valence-corrected chi connectivity index (χ3v) is 13.5. The quantitative estimate of drug-likeness (QED) is 0.153. The number of anilines is 3. The first-order chi connectivity index (χ1) is 30.1. The van der Waals surface area contributed by atoms with Crippen molar-refractivity contribution in [3.63, 3.8) is 0 Å². The molecular formula is C57H43N3P-. The summed E-state index contributed by atoms with van der Waals surface area (Å²) in [6, 6.07) is 72.1. The second kappa shape index (κ2) is 14.1. The lowest BCUT2D eigenvalue weighted by molar-refractivity contribution is 0.523. The first-order valence-corrected chi connectivity index (χ1v) is 22.0. The Morgan fingerprint density at radius 1 is 0.525 bits per heavy atom. The summed E-state index contributed by atoms with van der Waals surface area (Å²) in [5.41, 5.74) is 17.9. The monoisotopic (exact) mass is 800 g/mol. The Labute approximate surface area is 359 Å². The SMILES string of the molecule is CC([PH-])c1cc(-c2ccccc2)cc(-n2c3ccccc3c3cc(N4c5ccccc5C(c5ccccc5)(n5c6c(c7ccccc75)CCC=C6)c5ccccc54)ccc32)c1. The highest BCUT2D eigenvalue weighted by Crippen LogP contribution is 2.57. The molecule has 3 heterocycles. The molecule has 10 aromatic rings. The topological polar surface area (TPSA) is 13.1 Å². The molecule has 8 aromatic carbocycles. The van der Waals surface area contributed by atoms with Crippen LogP contribution in [0, 0.1) is 0 Å². The second-order valence-electron chi connectivity index (χ2n) is 16.6. The summed E-state index contributed by atoms with van der Waals surface area (Å²) in [4.78, 5) is 2.51. The van der Waals surface area contributed by atoms with Gasteiger partial charge in [0.2, 0.25) is 0 Å². The molecule has 3 nitrogen and oxygen atoms in total. The summed E-state index contributed by atoms with van der Waals surface area (Å²) in [6.07, 6.45) is 6.81. The van der Waals surface area contributed by atoms with Crippen molar-refractivity contribution in [1.29, 1.82) is 0 Å². The Morgan fingerprint density at radius 3 is 1.89 bits per heavy atom. The van der Waals surface area contributed by atoms with Gasteiger partial charge in [-0.3, -0.25) is 0 Å². The molecule has 1 unspecified atom stereocenters. The van der Waals surface area contributed by atoms with Gasteiger partial charge in [0.25, 0.3) is 0 Å². The standard InChI is InChI=1S/C57H43N3P/c1-38(61)40-34-41(39-18-4-2-5-19-39)36-44(35-40)59-51-27-13-8-24-47(51)48-37-43(32-33-52(48)59)58-55-30-16-11-25-49(55)57(42-20-6-3-7-21-42,50-26-12-17-31-56(50)58)60-53-28-14-9-22-45(53)46-23-10-15-29-54(46)60/h2-9,11-22,24-38,61H,10,23H2,1H3/q-1. The molecule has 1 aliphatic heterocycles. The molecule has 0 N–H and O–H groups in total. The van der Waals surface area contributed by atoms with Crippen LogP contribution in [0.25, 0.3) is 55.6 Å². The Balaban J connectivity index is 1.12. The smallest absolute Gasteiger partial charge is 0.125 e. The van der Waals surface area contributed by atoms with Crippen LogP contribution in [-0.4, -0.2) is 9.13 Å². The number of para-hydroxylation sites is 4. The summed E-state index contributed by atoms with van der Waals surface area (Å²) in [5, 5.41) is 3.78. The third kappa shape index (κ3) is 5.34. The van der Waals surface area contributed by atoms with E-state index >= 15 is 0 Å². The average Bonchev–Trinajstić information content (AvgIpc) is 3.84. The molecule has 0 fully saturated rings. The summed E-state index contributed by atoms with van der Waals surface area (Å²) in [5.74, 6) is 0. The molecule has 12 rings (SSSR count). The van der Waals surface area contributed by atoms with E-state index in [1.54, 1.807) is 0 Å². The zero-order valence-corrected chi connectivity index (χ0v) is 35.0. The van der Waals surface area contributed by atoms with Crippen LogP contribution in [0.2, 0.25) is 0 Å². The number of fused-ring (bicyclic) bond motifs is 8. The molecule has 0 radical (unpaired) electrons. The van der Waals surface area contributed by atoms with Crippen molar-refractivity contribution in [3.05, 3.63) is 234 Å². The highest BCUT2D eigenvalue weighted by Gasteiger charge is 2.48. The van der Waals surface area contributed by atoms with Crippen LogP contribution < -0.4 is 4.90 Å². The summed E-state index contributed by atoms with van der Waals surface area (Å²) in [6.45, 7) is 2.20. The van der Waals surface area contributed by atoms with E-state index in [0.717, 1.165) is 24.2 Å². The number of nitrogens with zero attached hydrogens (tertiary/aromatic N) is 3. The maximum absolute atomic E-state index is 3.97. The molecule has 2 aromatic heterocycles. The lowest BCUT2D eigenvalue weighted by Crippen LogP contribution is -2.43. The second-order valence-corrected chi connectivity index (χ2v) is 17.4. The van der Waals surface area contributed by atoms with Gasteiger partial charge in [0.15, 0.2) is 0 Å². The van der Waals surface area contributed by atoms with E-state index in [1.807, 2.05) is 0 Å². The molecule has 1 atom stereocenters. The number of hydrogen-bond donors (Lipinski definition) is 0. The van der Waals surface area contributed by atoms with Crippen molar-refractivity contribution in [3.8, 4) is 16.8 Å². The Kier molecular flexibility index (Phi) is 8.31. The summed E-state index contributed by atoms with van der Waals surface area (Å²) >= 11 is 0. The fourth-order valence-corrected chi connectivity index (χ4v) is 10.8. The van der Waals surface area contributed by atoms with Crippen molar-refractivity contribution < 1.29 is 0 Å². The average molecular weight is 801 g/mol. The minimum absolute atomic E-state index is 0.190. The van der Waals surface area contributed by atoms with Crippen LogP contribution in [-0.2, 0) is 12.0 Å². The van der Waals surface area contributed by atoms with E-state index in [1.165, 1.54) is 88.7 Å². The molecule has 1 aliphatic carbocycles. The number of hydrogen-bond acceptors (Lipinski definition) is 1. The van der Waals surface area contributed by atoms with Crippen LogP contribution >= 0.6 is 9.24 Å². The van der Waals surface area contributed by atoms with Gasteiger partial charge in [-0.15, -0.1) is 0 Å². The number of aromatic nitrogens is 2. The van der Waals surface area contributed by atoms with E-state index in [4.69, 9.17) is 0 Å². The molecule has 0 saturated heterocycles. The van der Waals surface area contributed by atoms with Crippen molar-refractivity contribution in [1.82, 2.24) is 9.13 Å². The van der Waals surface area contributed by atoms with Crippen LogP contribution in [0.1, 0.15) is 52.5 Å². The van der Waals surface area contributed by atoms with Crippen LogP contribution in [0.5, 0.6) is 0 Å². The predicted octanol–water partition coefficient (Wildman–Crippen LogP) is 15.2. The van der Waals surface area contributed by atoms with E-state index in [9.17, 15) is 0 Å². The Morgan fingerprint density at radius 2 is 1.15 bits per heavy atom. The number of allylic oxidation sites excluding steroid dienone is 1. The molecule has 61 heavy (non-hydrogen) atoms. The van der Waals surface area contributed by atoms with Gasteiger partial charge in [-0.1, -0.05) is 158 Å². The fourth-order valence-electron chi connectivity index (χ4n) is 10.6. The minimum atomic E-state index is -0.659. The van der Waals surface area contributed by atoms with E-state index in [2.05, 4.69) is 236 Å². The maximum Gasteiger partial charge on any atom is 0.125 e. The molecular weight excluding hydrogens is 758 g/mol. The van der Waals surface area contributed by atoms with Crippen LogP contribution in [0.4, 0.5) is 17.1 Å². The largest absolute Gasteiger partial charge is 0.550 e. The molecule has 4 heteroatoms. The first kappa shape index (κ1) is 36.0. The van der Waals surface area contributed by atoms with Gasteiger partial charge >= 0.3 is 0 Å². The molecule has 0 amide bonds. The highest BCUT2D eigenvalue weighted by molar-refractivity contribution is 7.17. The molecule has 0 saturated carbocycles. The third-order valence-electron chi connectivity index (χ3n) is 13.2. The van der Waals surface area contributed by atoms with Gasteiger partial charge in [0.05, 0.1) is 27.9 Å².